The number of nitrogens with one attached hydrogen (secondary N) is 1. The first-order chi connectivity index (χ1) is 12.5. The van der Waals surface area contributed by atoms with Gasteiger partial charge in [0.1, 0.15) is 5.56 Å². The summed E-state index contributed by atoms with van der Waals surface area (Å²) in [6.45, 7) is 6.09. The molecule has 1 aromatic heterocycles. The predicted octanol–water partition coefficient (Wildman–Crippen LogP) is 4.04. The summed E-state index contributed by atoms with van der Waals surface area (Å²) in [7, 11) is 1.41. The fraction of sp³-hybridized carbons (Fsp3) is 0.400. The molecule has 1 heterocycles. The van der Waals surface area contributed by atoms with Crippen LogP contribution in [-0.4, -0.2) is 24.1 Å². The SMILES string of the molecule is CCC(CC)Oc1nccc(C)c1C(=O)NCc1ccc(OC)c(F)c1. The van der Waals surface area contributed by atoms with Gasteiger partial charge in [-0.05, 0) is 49.1 Å². The summed E-state index contributed by atoms with van der Waals surface area (Å²) in [4.78, 5) is 16.9. The van der Waals surface area contributed by atoms with Gasteiger partial charge in [0.05, 0.1) is 13.2 Å². The molecule has 0 radical (unpaired) electrons. The lowest BCUT2D eigenvalue weighted by atomic mass is 10.1. The number of rotatable bonds is 8. The van der Waals surface area contributed by atoms with Crippen molar-refractivity contribution in [3.8, 4) is 11.6 Å². The number of carbonyl (C=O) groups excluding carboxylic acids is 1. The van der Waals surface area contributed by atoms with Gasteiger partial charge < -0.3 is 14.8 Å². The number of aromatic nitrogens is 1. The van der Waals surface area contributed by atoms with E-state index in [4.69, 9.17) is 9.47 Å². The second-order valence-electron chi connectivity index (χ2n) is 6.02. The molecule has 1 aromatic carbocycles. The topological polar surface area (TPSA) is 60.5 Å². The first-order valence-corrected chi connectivity index (χ1v) is 8.72. The highest BCUT2D eigenvalue weighted by molar-refractivity contribution is 5.97. The van der Waals surface area contributed by atoms with Crippen LogP contribution in [0, 0.1) is 12.7 Å². The molecular formula is C20H25FN2O3. The molecule has 0 fully saturated rings. The van der Waals surface area contributed by atoms with Crippen LogP contribution in [-0.2, 0) is 6.54 Å². The van der Waals surface area contributed by atoms with Gasteiger partial charge in [0, 0.05) is 12.7 Å². The summed E-state index contributed by atoms with van der Waals surface area (Å²) in [6, 6.07) is 6.35. The average Bonchev–Trinajstić information content (AvgIpc) is 2.64. The number of carbonyl (C=O) groups is 1. The Morgan fingerprint density at radius 2 is 2.00 bits per heavy atom. The lowest BCUT2D eigenvalue weighted by Crippen LogP contribution is -2.26. The van der Waals surface area contributed by atoms with Crippen molar-refractivity contribution >= 4 is 5.91 Å². The Morgan fingerprint density at radius 1 is 1.27 bits per heavy atom. The number of methoxy groups -OCH3 is 1. The molecule has 0 aliphatic rings. The average molecular weight is 360 g/mol. The molecule has 0 aliphatic heterocycles. The Bertz CT molecular complexity index is 761. The lowest BCUT2D eigenvalue weighted by molar-refractivity contribution is 0.0940. The Hall–Kier alpha value is -2.63. The summed E-state index contributed by atoms with van der Waals surface area (Å²) in [5.41, 5.74) is 1.83. The van der Waals surface area contributed by atoms with Crippen LogP contribution in [0.1, 0.15) is 48.2 Å². The van der Waals surface area contributed by atoms with E-state index in [9.17, 15) is 9.18 Å². The largest absolute Gasteiger partial charge is 0.494 e. The normalized spacial score (nSPS) is 10.7. The van der Waals surface area contributed by atoms with Crippen LogP contribution < -0.4 is 14.8 Å². The first-order valence-electron chi connectivity index (χ1n) is 8.72. The zero-order valence-corrected chi connectivity index (χ0v) is 15.6. The summed E-state index contributed by atoms with van der Waals surface area (Å²) in [5.74, 6) is -0.261. The van der Waals surface area contributed by atoms with Crippen molar-refractivity contribution in [2.75, 3.05) is 7.11 Å². The van der Waals surface area contributed by atoms with Crippen molar-refractivity contribution in [2.24, 2.45) is 0 Å². The number of hydrogen-bond acceptors (Lipinski definition) is 4. The van der Waals surface area contributed by atoms with Crippen molar-refractivity contribution in [3.05, 3.63) is 53.0 Å². The monoisotopic (exact) mass is 360 g/mol. The molecule has 5 nitrogen and oxygen atoms in total. The van der Waals surface area contributed by atoms with Gasteiger partial charge >= 0.3 is 0 Å². The molecule has 1 amide bonds. The van der Waals surface area contributed by atoms with E-state index in [1.807, 2.05) is 20.8 Å². The third-order valence-electron chi connectivity index (χ3n) is 4.21. The summed E-state index contributed by atoms with van der Waals surface area (Å²) in [6.07, 6.45) is 3.30. The number of halogens is 1. The highest BCUT2D eigenvalue weighted by Crippen LogP contribution is 2.22. The first kappa shape index (κ1) is 19.7. The molecule has 0 bridgehead atoms. The van der Waals surface area contributed by atoms with Crippen molar-refractivity contribution in [1.29, 1.82) is 0 Å². The predicted molar refractivity (Wildman–Crippen MR) is 98.1 cm³/mol. The molecule has 140 valence electrons. The summed E-state index contributed by atoms with van der Waals surface area (Å²) < 4.78 is 24.6. The molecule has 0 saturated heterocycles. The second kappa shape index (κ2) is 9.17. The molecule has 6 heteroatoms. The van der Waals surface area contributed by atoms with Gasteiger partial charge in [0.15, 0.2) is 11.6 Å². The van der Waals surface area contributed by atoms with E-state index in [1.165, 1.54) is 19.2 Å². The van der Waals surface area contributed by atoms with E-state index in [-0.39, 0.29) is 24.3 Å². The third-order valence-corrected chi connectivity index (χ3v) is 4.21. The minimum atomic E-state index is -0.463. The van der Waals surface area contributed by atoms with Crippen molar-refractivity contribution < 1.29 is 18.7 Å². The molecule has 0 atom stereocenters. The van der Waals surface area contributed by atoms with Gasteiger partial charge in [-0.1, -0.05) is 19.9 Å². The zero-order chi connectivity index (χ0) is 19.1. The summed E-state index contributed by atoms with van der Waals surface area (Å²) >= 11 is 0. The molecule has 0 saturated carbocycles. The van der Waals surface area contributed by atoms with Crippen molar-refractivity contribution in [3.63, 3.8) is 0 Å². The number of ether oxygens (including phenoxy) is 2. The minimum absolute atomic E-state index is 0.00605. The highest BCUT2D eigenvalue weighted by Gasteiger charge is 2.19. The van der Waals surface area contributed by atoms with Crippen molar-refractivity contribution in [1.82, 2.24) is 10.3 Å². The molecule has 26 heavy (non-hydrogen) atoms. The van der Waals surface area contributed by atoms with Crippen molar-refractivity contribution in [2.45, 2.75) is 46.3 Å². The molecule has 0 unspecified atom stereocenters. The smallest absolute Gasteiger partial charge is 0.257 e. The molecule has 0 spiro atoms. The van der Waals surface area contributed by atoms with E-state index in [2.05, 4.69) is 10.3 Å². The number of benzene rings is 1. The Morgan fingerprint density at radius 3 is 2.62 bits per heavy atom. The molecule has 2 rings (SSSR count). The van der Waals surface area contributed by atoms with Crippen LogP contribution in [0.3, 0.4) is 0 Å². The number of pyridine rings is 1. The van der Waals surface area contributed by atoms with Gasteiger partial charge in [-0.3, -0.25) is 4.79 Å². The van der Waals surface area contributed by atoms with Gasteiger partial charge in [-0.2, -0.15) is 0 Å². The third kappa shape index (κ3) is 4.71. The quantitative estimate of drug-likeness (QED) is 0.772. The molecular weight excluding hydrogens is 335 g/mol. The van der Waals surface area contributed by atoms with Gasteiger partial charge in [-0.15, -0.1) is 0 Å². The van der Waals surface area contributed by atoms with Gasteiger partial charge in [-0.25, -0.2) is 9.37 Å². The maximum Gasteiger partial charge on any atom is 0.257 e. The maximum absolute atomic E-state index is 13.8. The zero-order valence-electron chi connectivity index (χ0n) is 15.6. The Balaban J connectivity index is 2.15. The van der Waals surface area contributed by atoms with Crippen LogP contribution in [0.5, 0.6) is 11.6 Å². The molecule has 1 N–H and O–H groups in total. The van der Waals surface area contributed by atoms with Crippen LogP contribution in [0.4, 0.5) is 4.39 Å². The van der Waals surface area contributed by atoms with E-state index in [0.29, 0.717) is 17.0 Å². The number of hydrogen-bond donors (Lipinski definition) is 1. The minimum Gasteiger partial charge on any atom is -0.494 e. The lowest BCUT2D eigenvalue weighted by Gasteiger charge is -2.18. The summed E-state index contributed by atoms with van der Waals surface area (Å²) in [5, 5.41) is 2.80. The standard InChI is InChI=1S/C20H25FN2O3/c1-5-15(6-2)26-20-18(13(3)9-10-22-20)19(24)23-12-14-7-8-17(25-4)16(21)11-14/h7-11,15H,5-6,12H2,1-4H3,(H,23,24). The van der Waals surface area contributed by atoms with E-state index in [0.717, 1.165) is 18.4 Å². The molecule has 0 aliphatic carbocycles. The van der Waals surface area contributed by atoms with Crippen LogP contribution in [0.15, 0.2) is 30.5 Å². The number of amides is 1. The fourth-order valence-electron chi connectivity index (χ4n) is 2.60. The number of aryl methyl sites for hydroxylation is 1. The fourth-order valence-corrected chi connectivity index (χ4v) is 2.60. The second-order valence-corrected chi connectivity index (χ2v) is 6.02. The molecule has 2 aromatic rings. The Labute approximate surface area is 153 Å². The van der Waals surface area contributed by atoms with Gasteiger partial charge in [0.2, 0.25) is 5.88 Å². The maximum atomic E-state index is 13.8. The Kier molecular flexibility index (Phi) is 6.95. The van der Waals surface area contributed by atoms with E-state index >= 15 is 0 Å². The van der Waals surface area contributed by atoms with Crippen LogP contribution >= 0.6 is 0 Å². The number of nitrogens with zero attached hydrogens (tertiary/aromatic N) is 1. The van der Waals surface area contributed by atoms with E-state index < -0.39 is 5.82 Å². The van der Waals surface area contributed by atoms with Crippen LogP contribution in [0.2, 0.25) is 0 Å². The van der Waals surface area contributed by atoms with E-state index in [1.54, 1.807) is 18.3 Å². The van der Waals surface area contributed by atoms with Gasteiger partial charge in [0.25, 0.3) is 5.91 Å². The highest BCUT2D eigenvalue weighted by atomic mass is 19.1. The van der Waals surface area contributed by atoms with Crippen LogP contribution in [0.25, 0.3) is 0 Å².